The summed E-state index contributed by atoms with van der Waals surface area (Å²) in [4.78, 5) is 11.7. The molecule has 0 N–H and O–H groups in total. The smallest absolute Gasteiger partial charge is 0.435 e. The molecule has 86 valence electrons. The predicted molar refractivity (Wildman–Crippen MR) is 64.0 cm³/mol. The Morgan fingerprint density at radius 3 is 2.69 bits per heavy atom. The Morgan fingerprint density at radius 2 is 2.19 bits per heavy atom. The van der Waals surface area contributed by atoms with Gasteiger partial charge in [-0.2, -0.15) is 9.78 Å². The van der Waals surface area contributed by atoms with Gasteiger partial charge < -0.3 is 4.74 Å². The van der Waals surface area contributed by atoms with Crippen LogP contribution in [0, 0.1) is 0 Å². The third kappa shape index (κ3) is 2.46. The highest BCUT2D eigenvalue weighted by Crippen LogP contribution is 2.37. The van der Waals surface area contributed by atoms with E-state index in [9.17, 15) is 4.79 Å². The molecule has 0 radical (unpaired) electrons. The summed E-state index contributed by atoms with van der Waals surface area (Å²) in [5, 5.41) is 4.30. The van der Waals surface area contributed by atoms with Gasteiger partial charge in [0.2, 0.25) is 0 Å². The molecule has 4 nitrogen and oxygen atoms in total. The molecule has 16 heavy (non-hydrogen) atoms. The fourth-order valence-corrected chi connectivity index (χ4v) is 1.64. The summed E-state index contributed by atoms with van der Waals surface area (Å²) in [6.45, 7) is 5.55. The van der Waals surface area contributed by atoms with Gasteiger partial charge in [0.25, 0.3) is 0 Å². The Hall–Kier alpha value is -1.26. The molecule has 1 aromatic rings. The SMILES string of the molecule is Bc1cn(C(=O)OC(C)(C)C)nc1C1CC1. The molecule has 1 heterocycles. The number of hydrogen-bond donors (Lipinski definition) is 0. The van der Waals surface area contributed by atoms with Crippen molar-refractivity contribution in [3.05, 3.63) is 11.9 Å². The molecule has 0 spiro atoms. The molecule has 1 aliphatic rings. The van der Waals surface area contributed by atoms with Crippen molar-refractivity contribution in [2.75, 3.05) is 0 Å². The molecule has 2 rings (SSSR count). The van der Waals surface area contributed by atoms with Gasteiger partial charge in [-0.05, 0) is 39.1 Å². The highest BCUT2D eigenvalue weighted by Gasteiger charge is 2.29. The molecule has 1 aliphatic carbocycles. The van der Waals surface area contributed by atoms with Gasteiger partial charge in [-0.15, -0.1) is 0 Å². The largest absolute Gasteiger partial charge is 0.442 e. The van der Waals surface area contributed by atoms with E-state index < -0.39 is 11.7 Å². The quantitative estimate of drug-likeness (QED) is 0.657. The fraction of sp³-hybridized carbons (Fsp3) is 0.636. The van der Waals surface area contributed by atoms with Gasteiger partial charge in [-0.3, -0.25) is 0 Å². The van der Waals surface area contributed by atoms with E-state index in [0.29, 0.717) is 5.92 Å². The molecule has 1 aromatic heterocycles. The number of hydrogen-bond acceptors (Lipinski definition) is 3. The maximum Gasteiger partial charge on any atom is 0.435 e. The highest BCUT2D eigenvalue weighted by molar-refractivity contribution is 6.33. The summed E-state index contributed by atoms with van der Waals surface area (Å²) in [6, 6.07) is 0. The van der Waals surface area contributed by atoms with Gasteiger partial charge in [0.15, 0.2) is 0 Å². The van der Waals surface area contributed by atoms with Gasteiger partial charge in [0.1, 0.15) is 13.4 Å². The standard InChI is InChI=1S/C11H17BN2O2/c1-11(2,3)16-10(15)14-6-8(12)9(13-14)7-4-5-7/h6-7H,4-5,12H2,1-3H3. The second kappa shape index (κ2) is 3.65. The van der Waals surface area contributed by atoms with Crippen molar-refractivity contribution in [1.82, 2.24) is 9.78 Å². The molecule has 0 atom stereocenters. The molecule has 1 saturated carbocycles. The van der Waals surface area contributed by atoms with Crippen LogP contribution in [0.4, 0.5) is 4.79 Å². The van der Waals surface area contributed by atoms with E-state index in [0.717, 1.165) is 11.2 Å². The number of nitrogens with zero attached hydrogens (tertiary/aromatic N) is 2. The Morgan fingerprint density at radius 1 is 1.56 bits per heavy atom. The lowest BCUT2D eigenvalue weighted by Gasteiger charge is -2.18. The van der Waals surface area contributed by atoms with Crippen LogP contribution in [-0.4, -0.2) is 29.3 Å². The van der Waals surface area contributed by atoms with Gasteiger partial charge in [-0.1, -0.05) is 0 Å². The van der Waals surface area contributed by atoms with Crippen LogP contribution in [-0.2, 0) is 4.74 Å². The zero-order chi connectivity index (χ0) is 11.9. The Labute approximate surface area is 96.4 Å². The number of aromatic nitrogens is 2. The first kappa shape index (κ1) is 11.2. The lowest BCUT2D eigenvalue weighted by atomic mass is 9.95. The first-order chi connectivity index (χ1) is 7.37. The molecular weight excluding hydrogens is 203 g/mol. The van der Waals surface area contributed by atoms with Gasteiger partial charge in [0.05, 0.1) is 5.69 Å². The van der Waals surface area contributed by atoms with E-state index in [1.165, 1.54) is 17.5 Å². The lowest BCUT2D eigenvalue weighted by molar-refractivity contribution is 0.0514. The summed E-state index contributed by atoms with van der Waals surface area (Å²) < 4.78 is 6.57. The second-order valence-corrected chi connectivity index (χ2v) is 5.40. The Bertz CT molecular complexity index is 416. The van der Waals surface area contributed by atoms with Crippen LogP contribution in [0.5, 0.6) is 0 Å². The molecule has 0 saturated heterocycles. The zero-order valence-electron chi connectivity index (χ0n) is 10.3. The van der Waals surface area contributed by atoms with Crippen molar-refractivity contribution in [2.45, 2.75) is 45.1 Å². The second-order valence-electron chi connectivity index (χ2n) is 5.40. The summed E-state index contributed by atoms with van der Waals surface area (Å²) in [5.41, 5.74) is 1.65. The van der Waals surface area contributed by atoms with Crippen molar-refractivity contribution < 1.29 is 9.53 Å². The van der Waals surface area contributed by atoms with Gasteiger partial charge in [-0.25, -0.2) is 4.79 Å². The monoisotopic (exact) mass is 220 g/mol. The van der Waals surface area contributed by atoms with E-state index >= 15 is 0 Å². The van der Waals surface area contributed by atoms with Crippen molar-refractivity contribution >= 4 is 19.4 Å². The minimum Gasteiger partial charge on any atom is -0.442 e. The van der Waals surface area contributed by atoms with E-state index in [4.69, 9.17) is 4.74 Å². The molecule has 0 amide bonds. The van der Waals surface area contributed by atoms with Crippen molar-refractivity contribution in [3.8, 4) is 0 Å². The highest BCUT2D eigenvalue weighted by atomic mass is 16.6. The minimum atomic E-state index is -0.476. The predicted octanol–water partition coefficient (Wildman–Crippen LogP) is 0.802. The summed E-state index contributed by atoms with van der Waals surface area (Å²) in [6.07, 6.45) is 3.72. The third-order valence-corrected chi connectivity index (χ3v) is 2.48. The topological polar surface area (TPSA) is 44.1 Å². The number of carbonyl (C=O) groups excluding carboxylic acids is 1. The average molecular weight is 220 g/mol. The minimum absolute atomic E-state index is 0.400. The van der Waals surface area contributed by atoms with E-state index in [1.54, 1.807) is 6.20 Å². The van der Waals surface area contributed by atoms with E-state index in [2.05, 4.69) is 5.10 Å². The van der Waals surface area contributed by atoms with Crippen LogP contribution in [0.25, 0.3) is 0 Å². The van der Waals surface area contributed by atoms with Crippen LogP contribution in [0.3, 0.4) is 0 Å². The Kier molecular flexibility index (Phi) is 2.56. The third-order valence-electron chi connectivity index (χ3n) is 2.48. The lowest BCUT2D eigenvalue weighted by Crippen LogP contribution is -2.27. The summed E-state index contributed by atoms with van der Waals surface area (Å²) in [7, 11) is 1.99. The van der Waals surface area contributed by atoms with Gasteiger partial charge in [0, 0.05) is 12.1 Å². The summed E-state index contributed by atoms with van der Waals surface area (Å²) in [5.74, 6) is 0.559. The maximum atomic E-state index is 11.7. The van der Waals surface area contributed by atoms with Gasteiger partial charge >= 0.3 is 6.09 Å². The maximum absolute atomic E-state index is 11.7. The van der Waals surface area contributed by atoms with Crippen LogP contribution in [0.1, 0.15) is 45.2 Å². The normalized spacial score (nSPS) is 16.2. The average Bonchev–Trinajstić information content (AvgIpc) is 2.87. The number of carbonyl (C=O) groups is 1. The Balaban J connectivity index is 2.14. The van der Waals surface area contributed by atoms with E-state index in [1.807, 2.05) is 28.6 Å². The van der Waals surface area contributed by atoms with Crippen LogP contribution in [0.15, 0.2) is 6.20 Å². The van der Waals surface area contributed by atoms with Crippen LogP contribution in [0.2, 0.25) is 0 Å². The number of ether oxygens (including phenoxy) is 1. The zero-order valence-corrected chi connectivity index (χ0v) is 10.3. The molecule has 0 bridgehead atoms. The van der Waals surface area contributed by atoms with Crippen molar-refractivity contribution in [3.63, 3.8) is 0 Å². The fourth-order valence-electron chi connectivity index (χ4n) is 1.64. The van der Waals surface area contributed by atoms with E-state index in [-0.39, 0.29) is 0 Å². The molecular formula is C11H17BN2O2. The van der Waals surface area contributed by atoms with Crippen LogP contribution >= 0.6 is 0 Å². The van der Waals surface area contributed by atoms with Crippen molar-refractivity contribution in [2.24, 2.45) is 0 Å². The first-order valence-corrected chi connectivity index (χ1v) is 5.66. The van der Waals surface area contributed by atoms with Crippen LogP contribution < -0.4 is 5.46 Å². The molecule has 0 aromatic carbocycles. The first-order valence-electron chi connectivity index (χ1n) is 5.66. The molecule has 0 aliphatic heterocycles. The number of rotatable bonds is 1. The summed E-state index contributed by atoms with van der Waals surface area (Å²) >= 11 is 0. The molecule has 0 unspecified atom stereocenters. The molecule has 1 fully saturated rings. The van der Waals surface area contributed by atoms with Crippen molar-refractivity contribution in [1.29, 1.82) is 0 Å². The molecule has 5 heteroatoms.